The van der Waals surface area contributed by atoms with Crippen molar-refractivity contribution in [1.82, 2.24) is 20.4 Å². The summed E-state index contributed by atoms with van der Waals surface area (Å²) < 4.78 is 0. The lowest BCUT2D eigenvalue weighted by Gasteiger charge is -2.25. The van der Waals surface area contributed by atoms with Gasteiger partial charge in [-0.25, -0.2) is 0 Å². The molecule has 5 nitrogen and oxygen atoms in total. The molecule has 3 heterocycles. The molecule has 1 unspecified atom stereocenters. The lowest BCUT2D eigenvalue weighted by molar-refractivity contribution is -0.135. The molecule has 1 fully saturated rings. The van der Waals surface area contributed by atoms with Crippen molar-refractivity contribution in [3.05, 3.63) is 41.6 Å². The molecule has 1 saturated heterocycles. The molecule has 0 saturated carbocycles. The van der Waals surface area contributed by atoms with Crippen LogP contribution in [0.4, 0.5) is 0 Å². The van der Waals surface area contributed by atoms with Crippen molar-refractivity contribution < 1.29 is 4.79 Å². The predicted octanol–water partition coefficient (Wildman–Crippen LogP) is 2.82. The summed E-state index contributed by atoms with van der Waals surface area (Å²) in [6.45, 7) is 3.60. The Morgan fingerprint density at radius 2 is 1.88 bits per heavy atom. The molecule has 1 atom stereocenters. The van der Waals surface area contributed by atoms with Crippen LogP contribution in [-0.4, -0.2) is 47.2 Å². The monoisotopic (exact) mass is 374 g/mol. The number of amides is 1. The number of carbonyl (C=O) groups is 1. The number of fused-ring (bicyclic) bond motifs is 1. The molecule has 0 radical (unpaired) electrons. The van der Waals surface area contributed by atoms with Crippen LogP contribution in [0.5, 0.6) is 0 Å². The zero-order valence-corrected chi connectivity index (χ0v) is 15.9. The first-order valence-electron chi connectivity index (χ1n) is 9.44. The zero-order valence-electron chi connectivity index (χ0n) is 15.0. The second kappa shape index (κ2) is 8.69. The van der Waals surface area contributed by atoms with Crippen LogP contribution in [0.3, 0.4) is 0 Å². The van der Waals surface area contributed by atoms with E-state index in [4.69, 9.17) is 0 Å². The van der Waals surface area contributed by atoms with Gasteiger partial charge in [0.15, 0.2) is 0 Å². The van der Waals surface area contributed by atoms with E-state index in [0.717, 1.165) is 69.5 Å². The van der Waals surface area contributed by atoms with Gasteiger partial charge in [0.05, 0.1) is 5.69 Å². The fourth-order valence-corrected chi connectivity index (χ4v) is 4.06. The van der Waals surface area contributed by atoms with E-state index < -0.39 is 0 Å². The van der Waals surface area contributed by atoms with Gasteiger partial charge in [0.1, 0.15) is 0 Å². The number of aromatic amines is 1. The maximum atomic E-state index is 13.0. The normalized spacial score (nSPS) is 20.5. The lowest BCUT2D eigenvalue weighted by Crippen LogP contribution is -2.38. The average Bonchev–Trinajstić information content (AvgIpc) is 2.84. The molecule has 6 heteroatoms. The van der Waals surface area contributed by atoms with Gasteiger partial charge in [0, 0.05) is 42.2 Å². The highest BCUT2D eigenvalue weighted by atomic mass is 35.5. The van der Waals surface area contributed by atoms with Crippen molar-refractivity contribution in [3.8, 4) is 11.3 Å². The minimum absolute atomic E-state index is 0. The fourth-order valence-electron chi connectivity index (χ4n) is 4.06. The zero-order chi connectivity index (χ0) is 17.1. The SMILES string of the molecule is Cl.O=C(C1CCCNCC1)N1CCc2[nH]nc(-c3ccccc3)c2CC1. The highest BCUT2D eigenvalue weighted by Gasteiger charge is 2.28. The molecule has 0 aliphatic carbocycles. The van der Waals surface area contributed by atoms with E-state index in [-0.39, 0.29) is 18.3 Å². The number of halogens is 1. The Morgan fingerprint density at radius 1 is 1.08 bits per heavy atom. The number of benzene rings is 1. The van der Waals surface area contributed by atoms with Gasteiger partial charge in [-0.1, -0.05) is 30.3 Å². The standard InChI is InChI=1S/C20H26N4O.ClH/c25-20(16-7-4-11-21-12-8-16)24-13-9-17-18(10-14-24)22-23-19(17)15-5-2-1-3-6-15;/h1-3,5-6,16,21H,4,7-14H2,(H,22,23);1H. The molecule has 0 bridgehead atoms. The molecule has 0 spiro atoms. The Bertz CT molecular complexity index is 723. The number of hydrogen-bond donors (Lipinski definition) is 2. The van der Waals surface area contributed by atoms with E-state index in [9.17, 15) is 4.79 Å². The Labute approximate surface area is 161 Å². The molecule has 26 heavy (non-hydrogen) atoms. The third-order valence-electron chi connectivity index (χ3n) is 5.50. The second-order valence-corrected chi connectivity index (χ2v) is 7.10. The van der Waals surface area contributed by atoms with E-state index in [2.05, 4.69) is 32.5 Å². The predicted molar refractivity (Wildman–Crippen MR) is 105 cm³/mol. The van der Waals surface area contributed by atoms with E-state index in [0.29, 0.717) is 5.91 Å². The van der Waals surface area contributed by atoms with Gasteiger partial charge in [-0.05, 0) is 38.8 Å². The molecule has 4 rings (SSSR count). The smallest absolute Gasteiger partial charge is 0.225 e. The first-order valence-corrected chi connectivity index (χ1v) is 9.44. The van der Waals surface area contributed by atoms with E-state index in [1.54, 1.807) is 0 Å². The molecule has 2 aliphatic heterocycles. The number of nitrogens with one attached hydrogen (secondary N) is 2. The van der Waals surface area contributed by atoms with E-state index in [1.807, 2.05) is 18.2 Å². The van der Waals surface area contributed by atoms with Gasteiger partial charge in [0.25, 0.3) is 0 Å². The van der Waals surface area contributed by atoms with Gasteiger partial charge in [-0.2, -0.15) is 5.10 Å². The number of rotatable bonds is 2. The van der Waals surface area contributed by atoms with Crippen molar-refractivity contribution in [3.63, 3.8) is 0 Å². The maximum Gasteiger partial charge on any atom is 0.225 e. The summed E-state index contributed by atoms with van der Waals surface area (Å²) >= 11 is 0. The minimum atomic E-state index is 0. The van der Waals surface area contributed by atoms with E-state index >= 15 is 0 Å². The molecular weight excluding hydrogens is 348 g/mol. The number of aromatic nitrogens is 2. The molecule has 1 amide bonds. The number of hydrogen-bond acceptors (Lipinski definition) is 3. The van der Waals surface area contributed by atoms with Crippen molar-refractivity contribution in [2.24, 2.45) is 5.92 Å². The third kappa shape index (κ3) is 3.94. The summed E-state index contributed by atoms with van der Waals surface area (Å²) in [6, 6.07) is 10.3. The summed E-state index contributed by atoms with van der Waals surface area (Å²) in [5.74, 6) is 0.543. The van der Waals surface area contributed by atoms with Crippen LogP contribution >= 0.6 is 12.4 Å². The minimum Gasteiger partial charge on any atom is -0.342 e. The van der Waals surface area contributed by atoms with Gasteiger partial charge in [-0.15, -0.1) is 12.4 Å². The van der Waals surface area contributed by atoms with Gasteiger partial charge >= 0.3 is 0 Å². The largest absolute Gasteiger partial charge is 0.342 e. The Kier molecular flexibility index (Phi) is 6.33. The first kappa shape index (κ1) is 18.9. The van der Waals surface area contributed by atoms with Gasteiger partial charge < -0.3 is 10.2 Å². The summed E-state index contributed by atoms with van der Waals surface area (Å²) in [5, 5.41) is 11.2. The van der Waals surface area contributed by atoms with Crippen molar-refractivity contribution in [2.75, 3.05) is 26.2 Å². The van der Waals surface area contributed by atoms with Crippen LogP contribution in [0.2, 0.25) is 0 Å². The van der Waals surface area contributed by atoms with Crippen LogP contribution < -0.4 is 5.32 Å². The molecule has 140 valence electrons. The molecule has 2 aromatic rings. The maximum absolute atomic E-state index is 13.0. The Morgan fingerprint density at radius 3 is 2.73 bits per heavy atom. The highest BCUT2D eigenvalue weighted by molar-refractivity contribution is 5.85. The second-order valence-electron chi connectivity index (χ2n) is 7.10. The van der Waals surface area contributed by atoms with Crippen LogP contribution in [0.15, 0.2) is 30.3 Å². The van der Waals surface area contributed by atoms with Crippen molar-refractivity contribution >= 4 is 18.3 Å². The Hall–Kier alpha value is -1.85. The van der Waals surface area contributed by atoms with Crippen LogP contribution in [-0.2, 0) is 17.6 Å². The first-order chi connectivity index (χ1) is 12.3. The summed E-state index contributed by atoms with van der Waals surface area (Å²) in [7, 11) is 0. The molecule has 1 aromatic heterocycles. The quantitative estimate of drug-likeness (QED) is 0.849. The van der Waals surface area contributed by atoms with Crippen molar-refractivity contribution in [1.29, 1.82) is 0 Å². The molecule has 2 N–H and O–H groups in total. The summed E-state index contributed by atoms with van der Waals surface area (Å²) in [4.78, 5) is 15.0. The topological polar surface area (TPSA) is 61.0 Å². The highest BCUT2D eigenvalue weighted by Crippen LogP contribution is 2.27. The summed E-state index contributed by atoms with van der Waals surface area (Å²) in [6.07, 6.45) is 4.84. The van der Waals surface area contributed by atoms with E-state index in [1.165, 1.54) is 11.3 Å². The van der Waals surface area contributed by atoms with Crippen LogP contribution in [0.1, 0.15) is 30.5 Å². The molecular formula is C20H27ClN4O. The molecule has 2 aliphatic rings. The number of carbonyl (C=O) groups excluding carboxylic acids is 1. The number of nitrogens with zero attached hydrogens (tertiary/aromatic N) is 2. The Balaban J connectivity index is 0.00000196. The third-order valence-corrected chi connectivity index (χ3v) is 5.50. The summed E-state index contributed by atoms with van der Waals surface area (Å²) in [5.41, 5.74) is 4.67. The fraction of sp³-hybridized carbons (Fsp3) is 0.500. The van der Waals surface area contributed by atoms with Crippen LogP contribution in [0.25, 0.3) is 11.3 Å². The van der Waals surface area contributed by atoms with Crippen molar-refractivity contribution in [2.45, 2.75) is 32.1 Å². The number of H-pyrrole nitrogens is 1. The van der Waals surface area contributed by atoms with Crippen LogP contribution in [0, 0.1) is 5.92 Å². The van der Waals surface area contributed by atoms with Gasteiger partial charge in [-0.3, -0.25) is 9.89 Å². The molecule has 1 aromatic carbocycles. The van der Waals surface area contributed by atoms with Gasteiger partial charge in [0.2, 0.25) is 5.91 Å². The lowest BCUT2D eigenvalue weighted by atomic mass is 9.99. The average molecular weight is 375 g/mol.